The molecule has 2 aliphatic heterocycles. The molecule has 4 rings (SSSR count). The Kier molecular flexibility index (Phi) is 7.85. The van der Waals surface area contributed by atoms with Gasteiger partial charge in [-0.1, -0.05) is 13.8 Å². The van der Waals surface area contributed by atoms with Crippen molar-refractivity contribution in [1.29, 1.82) is 0 Å². The van der Waals surface area contributed by atoms with Crippen LogP contribution in [0.1, 0.15) is 72.1 Å². The first-order chi connectivity index (χ1) is 16.1. The van der Waals surface area contributed by atoms with E-state index in [1.165, 1.54) is 0 Å². The second-order valence-corrected chi connectivity index (χ2v) is 11.8. The highest BCUT2D eigenvalue weighted by Crippen LogP contribution is 2.43. The van der Waals surface area contributed by atoms with Crippen LogP contribution in [0.2, 0.25) is 0 Å². The number of hydrogen-bond donors (Lipinski definition) is 3. The molecule has 4 fully saturated rings. The maximum Gasteiger partial charge on any atom is 0.321 e. The molecule has 3 N–H and O–H groups in total. The van der Waals surface area contributed by atoms with Crippen LogP contribution in [0.25, 0.3) is 0 Å². The van der Waals surface area contributed by atoms with E-state index in [0.717, 1.165) is 38.6 Å². The summed E-state index contributed by atoms with van der Waals surface area (Å²) in [5, 5.41) is 9.09. The summed E-state index contributed by atoms with van der Waals surface area (Å²) >= 11 is 0. The maximum atomic E-state index is 13.7. The van der Waals surface area contributed by atoms with Gasteiger partial charge < -0.3 is 15.5 Å². The van der Waals surface area contributed by atoms with E-state index in [-0.39, 0.29) is 41.5 Å². The van der Waals surface area contributed by atoms with Crippen LogP contribution in [-0.2, 0) is 9.59 Å². The van der Waals surface area contributed by atoms with Gasteiger partial charge in [-0.2, -0.15) is 0 Å². The summed E-state index contributed by atoms with van der Waals surface area (Å²) in [4.78, 5) is 40.5. The van der Waals surface area contributed by atoms with E-state index in [0.29, 0.717) is 43.2 Å². The molecule has 192 valence electrons. The third-order valence-corrected chi connectivity index (χ3v) is 9.37. The Morgan fingerprint density at radius 3 is 2.50 bits per heavy atom. The topological polar surface area (TPSA) is 90.5 Å². The zero-order valence-corrected chi connectivity index (χ0v) is 21.2. The van der Waals surface area contributed by atoms with Crippen molar-refractivity contribution in [3.8, 4) is 0 Å². The van der Waals surface area contributed by atoms with E-state index in [1.54, 1.807) is 0 Å². The van der Waals surface area contributed by atoms with E-state index in [2.05, 4.69) is 29.8 Å². The van der Waals surface area contributed by atoms with Crippen LogP contribution in [0, 0.1) is 35.5 Å². The zero-order chi connectivity index (χ0) is 24.6. The van der Waals surface area contributed by atoms with Crippen molar-refractivity contribution >= 4 is 17.8 Å². The first-order valence-electron chi connectivity index (χ1n) is 13.4. The average molecular weight is 479 g/mol. The monoisotopic (exact) mass is 478 g/mol. The van der Waals surface area contributed by atoms with Gasteiger partial charge in [0.1, 0.15) is 6.17 Å². The molecule has 10 unspecified atom stereocenters. The Morgan fingerprint density at radius 2 is 1.76 bits per heavy atom. The number of imide groups is 1. The fourth-order valence-corrected chi connectivity index (χ4v) is 7.13. The van der Waals surface area contributed by atoms with E-state index in [1.807, 2.05) is 18.9 Å². The third kappa shape index (κ3) is 5.42. The Morgan fingerprint density at radius 1 is 1.00 bits per heavy atom. The second-order valence-electron chi connectivity index (χ2n) is 11.8. The number of amides is 4. The number of urea groups is 1. The summed E-state index contributed by atoms with van der Waals surface area (Å²) in [7, 11) is 1.96. The molecule has 2 saturated heterocycles. The number of halogens is 1. The highest BCUT2D eigenvalue weighted by atomic mass is 19.1. The molecule has 4 aliphatic rings. The number of carbonyl (C=O) groups is 3. The predicted octanol–water partition coefficient (Wildman–Crippen LogP) is 3.24. The number of nitrogens with zero attached hydrogens (tertiary/aromatic N) is 1. The van der Waals surface area contributed by atoms with E-state index >= 15 is 0 Å². The van der Waals surface area contributed by atoms with Crippen LogP contribution in [0.5, 0.6) is 0 Å². The normalized spacial score (nSPS) is 43.1. The number of carbonyl (C=O) groups excluding carboxylic acids is 3. The van der Waals surface area contributed by atoms with Gasteiger partial charge in [0.25, 0.3) is 0 Å². The molecule has 2 saturated carbocycles. The quantitative estimate of drug-likeness (QED) is 0.581. The van der Waals surface area contributed by atoms with Gasteiger partial charge in [0.05, 0.1) is 0 Å². The zero-order valence-electron chi connectivity index (χ0n) is 21.2. The van der Waals surface area contributed by atoms with Crippen molar-refractivity contribution in [2.24, 2.45) is 35.5 Å². The molecule has 7 nitrogen and oxygen atoms in total. The first kappa shape index (κ1) is 25.4. The molecule has 8 heteroatoms. The minimum atomic E-state index is -0.858. The Labute approximate surface area is 203 Å². The van der Waals surface area contributed by atoms with Crippen LogP contribution < -0.4 is 16.0 Å². The highest BCUT2D eigenvalue weighted by Gasteiger charge is 2.47. The van der Waals surface area contributed by atoms with Gasteiger partial charge in [0.2, 0.25) is 11.8 Å². The molecule has 0 spiro atoms. The van der Waals surface area contributed by atoms with E-state index in [4.69, 9.17) is 0 Å². The maximum absolute atomic E-state index is 13.7. The Bertz CT molecular complexity index is 779. The van der Waals surface area contributed by atoms with Crippen LogP contribution in [-0.4, -0.2) is 60.6 Å². The first-order valence-corrected chi connectivity index (χ1v) is 13.4. The number of fused-ring (bicyclic) bond motifs is 1. The van der Waals surface area contributed by atoms with Gasteiger partial charge in [-0.15, -0.1) is 0 Å². The van der Waals surface area contributed by atoms with Crippen molar-refractivity contribution in [1.82, 2.24) is 20.9 Å². The van der Waals surface area contributed by atoms with Crippen LogP contribution in [0.4, 0.5) is 9.18 Å². The molecule has 0 bridgehead atoms. The van der Waals surface area contributed by atoms with Gasteiger partial charge in [-0.3, -0.25) is 14.9 Å². The second kappa shape index (κ2) is 10.5. The molecule has 4 amide bonds. The van der Waals surface area contributed by atoms with Crippen molar-refractivity contribution in [2.75, 3.05) is 13.6 Å². The van der Waals surface area contributed by atoms with E-state index < -0.39 is 12.2 Å². The fourth-order valence-electron chi connectivity index (χ4n) is 7.13. The predicted molar refractivity (Wildman–Crippen MR) is 129 cm³/mol. The molecule has 2 heterocycles. The smallest absolute Gasteiger partial charge is 0.321 e. The van der Waals surface area contributed by atoms with Gasteiger partial charge in [0, 0.05) is 43.6 Å². The van der Waals surface area contributed by atoms with Gasteiger partial charge in [-0.05, 0) is 82.0 Å². The van der Waals surface area contributed by atoms with Gasteiger partial charge >= 0.3 is 6.03 Å². The minimum Gasteiger partial charge on any atom is -0.342 e. The summed E-state index contributed by atoms with van der Waals surface area (Å²) in [6, 6.07) is 0.247. The average Bonchev–Trinajstić information content (AvgIpc) is 2.79. The van der Waals surface area contributed by atoms with Gasteiger partial charge in [-0.25, -0.2) is 9.18 Å². The largest absolute Gasteiger partial charge is 0.342 e. The Balaban J connectivity index is 1.32. The number of nitrogens with one attached hydrogen (secondary N) is 3. The van der Waals surface area contributed by atoms with Crippen molar-refractivity contribution in [3.05, 3.63) is 0 Å². The number of piperidine rings is 2. The van der Waals surface area contributed by atoms with Gasteiger partial charge in [0.15, 0.2) is 0 Å². The molecular formula is C26H43FN4O3. The number of likely N-dealkylation sites (tertiary alicyclic amines) is 1. The summed E-state index contributed by atoms with van der Waals surface area (Å²) in [5.74, 6) is 0.621. The molecule has 0 aromatic heterocycles. The number of alkyl halides is 1. The summed E-state index contributed by atoms with van der Waals surface area (Å²) in [5.41, 5.74) is 0. The van der Waals surface area contributed by atoms with E-state index in [9.17, 15) is 18.8 Å². The van der Waals surface area contributed by atoms with Crippen LogP contribution >= 0.6 is 0 Å². The molecule has 34 heavy (non-hydrogen) atoms. The lowest BCUT2D eigenvalue weighted by molar-refractivity contribution is -0.148. The molecule has 0 radical (unpaired) electrons. The van der Waals surface area contributed by atoms with Crippen LogP contribution in [0.3, 0.4) is 0 Å². The summed E-state index contributed by atoms with van der Waals surface area (Å²) < 4.78 is 13.7. The molecule has 2 aliphatic carbocycles. The minimum absolute atomic E-state index is 0.0110. The lowest BCUT2D eigenvalue weighted by Crippen LogP contribution is -2.60. The summed E-state index contributed by atoms with van der Waals surface area (Å²) in [6.45, 7) is 7.19. The summed E-state index contributed by atoms with van der Waals surface area (Å²) in [6.07, 6.45) is 4.98. The highest BCUT2D eigenvalue weighted by molar-refractivity contribution is 5.95. The molecule has 0 aromatic carbocycles. The lowest BCUT2D eigenvalue weighted by atomic mass is 9.65. The third-order valence-electron chi connectivity index (χ3n) is 9.37. The van der Waals surface area contributed by atoms with Crippen molar-refractivity contribution in [2.45, 2.75) is 96.4 Å². The number of rotatable bonds is 3. The van der Waals surface area contributed by atoms with Crippen molar-refractivity contribution in [3.63, 3.8) is 0 Å². The fraction of sp³-hybridized carbons (Fsp3) is 0.885. The van der Waals surface area contributed by atoms with Crippen molar-refractivity contribution < 1.29 is 18.8 Å². The standard InChI is InChI=1S/C26H43FN4O3/c1-14-5-7-19(29-26(34)30-24(32)17-6-8-22(27)15(2)9-17)12-20(14)21-11-18-13-28-16(3)10-23(18)31(4)25(21)33/h14-23,28H,5-13H2,1-4H3,(H2,29,30,32,34). The molecular weight excluding hydrogens is 435 g/mol. The molecule has 10 atom stereocenters. The lowest BCUT2D eigenvalue weighted by Gasteiger charge is -2.50. The van der Waals surface area contributed by atoms with Crippen LogP contribution in [0.15, 0.2) is 0 Å². The molecule has 0 aromatic rings. The number of hydrogen-bond acceptors (Lipinski definition) is 4. The SMILES string of the molecule is CC1CC2C(CN1)CC(C1CC(NC(=O)NC(=O)C3CCC(F)C(C)C3)CCC1C)C(=O)N2C. The Hall–Kier alpha value is -1.70.